The Labute approximate surface area is 125 Å². The van der Waals surface area contributed by atoms with Gasteiger partial charge in [0.05, 0.1) is 11.3 Å². The summed E-state index contributed by atoms with van der Waals surface area (Å²) >= 11 is 0. The first-order valence-electron chi connectivity index (χ1n) is 7.68. The Morgan fingerprint density at radius 2 is 1.90 bits per heavy atom. The molecule has 1 atom stereocenters. The third-order valence-corrected chi connectivity index (χ3v) is 4.35. The second-order valence-electron chi connectivity index (χ2n) is 6.46. The summed E-state index contributed by atoms with van der Waals surface area (Å²) < 4.78 is 0. The van der Waals surface area contributed by atoms with E-state index in [2.05, 4.69) is 12.2 Å². The van der Waals surface area contributed by atoms with Crippen molar-refractivity contribution in [2.45, 2.75) is 39.7 Å². The lowest BCUT2D eigenvalue weighted by molar-refractivity contribution is -0.114. The number of Topliss-reactive ketones (excluding diaryl/α,β-unsaturated/α-hetero) is 1. The molecule has 1 aromatic rings. The number of benzene rings is 1. The van der Waals surface area contributed by atoms with Crippen molar-refractivity contribution in [1.29, 1.82) is 0 Å². The molecular weight excluding hydrogens is 264 g/mol. The fraction of sp³-hybridized carbons (Fsp3) is 0.529. The zero-order valence-corrected chi connectivity index (χ0v) is 12.9. The molecule has 0 radical (unpaired) electrons. The van der Waals surface area contributed by atoms with Crippen LogP contribution < -0.4 is 10.2 Å². The van der Waals surface area contributed by atoms with Gasteiger partial charge in [0, 0.05) is 12.6 Å². The van der Waals surface area contributed by atoms with Gasteiger partial charge in [-0.1, -0.05) is 19.1 Å². The normalized spacial score (nSPS) is 19.1. The Kier molecular flexibility index (Phi) is 3.57. The van der Waals surface area contributed by atoms with Crippen LogP contribution in [-0.2, 0) is 4.79 Å². The summed E-state index contributed by atoms with van der Waals surface area (Å²) in [7, 11) is 0. The summed E-state index contributed by atoms with van der Waals surface area (Å²) in [5.74, 6) is -0.401. The fourth-order valence-electron chi connectivity index (χ4n) is 2.97. The predicted molar refractivity (Wildman–Crippen MR) is 82.8 cm³/mol. The Morgan fingerprint density at radius 1 is 1.24 bits per heavy atom. The molecule has 1 N–H and O–H groups in total. The molecule has 112 valence electrons. The van der Waals surface area contributed by atoms with Gasteiger partial charge in [-0.3, -0.25) is 9.59 Å². The number of rotatable bonds is 5. The highest BCUT2D eigenvalue weighted by Crippen LogP contribution is 2.35. The maximum atomic E-state index is 12.3. The molecule has 4 nitrogen and oxygen atoms in total. The molecule has 21 heavy (non-hydrogen) atoms. The van der Waals surface area contributed by atoms with Crippen LogP contribution >= 0.6 is 0 Å². The lowest BCUT2D eigenvalue weighted by atomic mass is 10.0. The number of nitrogens with one attached hydrogen (secondary N) is 1. The molecule has 2 aliphatic rings. The van der Waals surface area contributed by atoms with Gasteiger partial charge in [-0.05, 0) is 50.3 Å². The first kappa shape index (κ1) is 14.3. The van der Waals surface area contributed by atoms with E-state index in [4.69, 9.17) is 0 Å². The number of ketones is 1. The molecule has 0 saturated heterocycles. The van der Waals surface area contributed by atoms with Crippen LogP contribution in [0.5, 0.6) is 0 Å². The first-order chi connectivity index (χ1) is 9.99. The van der Waals surface area contributed by atoms with Crippen LogP contribution in [0.1, 0.15) is 41.3 Å². The Bertz CT molecular complexity index is 605. The van der Waals surface area contributed by atoms with E-state index in [0.717, 1.165) is 23.4 Å². The molecule has 3 rings (SSSR count). The second-order valence-corrected chi connectivity index (χ2v) is 6.46. The van der Waals surface area contributed by atoms with Crippen LogP contribution in [-0.4, -0.2) is 30.8 Å². The lowest BCUT2D eigenvalue weighted by Crippen LogP contribution is -2.37. The molecule has 0 aromatic heterocycles. The molecule has 1 amide bonds. The molecule has 1 aliphatic heterocycles. The van der Waals surface area contributed by atoms with Crippen LogP contribution in [0.2, 0.25) is 0 Å². The second kappa shape index (κ2) is 5.26. The molecular formula is C17H22N2O2. The predicted octanol–water partition coefficient (Wildman–Crippen LogP) is 2.22. The molecule has 1 unspecified atom stereocenters. The van der Waals surface area contributed by atoms with E-state index in [0.29, 0.717) is 24.1 Å². The average molecular weight is 286 g/mol. The molecule has 1 aliphatic carbocycles. The first-order valence-corrected chi connectivity index (χ1v) is 7.68. The molecule has 1 aromatic carbocycles. The van der Waals surface area contributed by atoms with Crippen LogP contribution in [0.4, 0.5) is 5.69 Å². The largest absolute Gasteiger partial charge is 0.314 e. The SMILES string of the molecule is Cc1ccc(C)c2c1C(=O)C(=O)N2CC(C)CNC1CC1. The van der Waals surface area contributed by atoms with E-state index < -0.39 is 0 Å². The summed E-state index contributed by atoms with van der Waals surface area (Å²) in [5, 5.41) is 3.48. The molecule has 0 spiro atoms. The van der Waals surface area contributed by atoms with E-state index in [9.17, 15) is 9.59 Å². The Balaban J connectivity index is 1.81. The van der Waals surface area contributed by atoms with Crippen molar-refractivity contribution in [2.75, 3.05) is 18.0 Å². The van der Waals surface area contributed by atoms with Crippen LogP contribution in [0, 0.1) is 19.8 Å². The van der Waals surface area contributed by atoms with Crippen molar-refractivity contribution >= 4 is 17.4 Å². The van der Waals surface area contributed by atoms with E-state index in [1.54, 1.807) is 4.90 Å². The number of carbonyl (C=O) groups excluding carboxylic acids is 2. The Morgan fingerprint density at radius 3 is 2.57 bits per heavy atom. The lowest BCUT2D eigenvalue weighted by Gasteiger charge is -2.23. The van der Waals surface area contributed by atoms with Crippen molar-refractivity contribution in [3.63, 3.8) is 0 Å². The van der Waals surface area contributed by atoms with Crippen LogP contribution in [0.3, 0.4) is 0 Å². The van der Waals surface area contributed by atoms with Crippen molar-refractivity contribution < 1.29 is 9.59 Å². The van der Waals surface area contributed by atoms with E-state index >= 15 is 0 Å². The van der Waals surface area contributed by atoms with Gasteiger partial charge in [0.15, 0.2) is 0 Å². The van der Waals surface area contributed by atoms with E-state index in [1.165, 1.54) is 12.8 Å². The number of anilines is 1. The number of carbonyl (C=O) groups is 2. The zero-order valence-electron chi connectivity index (χ0n) is 12.9. The van der Waals surface area contributed by atoms with Gasteiger partial charge in [-0.15, -0.1) is 0 Å². The summed E-state index contributed by atoms with van der Waals surface area (Å²) in [5.41, 5.74) is 3.31. The van der Waals surface area contributed by atoms with Crippen molar-refractivity contribution in [2.24, 2.45) is 5.92 Å². The summed E-state index contributed by atoms with van der Waals surface area (Å²) in [4.78, 5) is 26.2. The van der Waals surface area contributed by atoms with E-state index in [1.807, 2.05) is 26.0 Å². The third-order valence-electron chi connectivity index (χ3n) is 4.35. The van der Waals surface area contributed by atoms with Gasteiger partial charge in [0.1, 0.15) is 0 Å². The maximum Gasteiger partial charge on any atom is 0.299 e. The van der Waals surface area contributed by atoms with Gasteiger partial charge in [0.2, 0.25) is 0 Å². The minimum absolute atomic E-state index is 0.327. The molecule has 1 saturated carbocycles. The summed E-state index contributed by atoms with van der Waals surface area (Å²) in [6.07, 6.45) is 2.52. The maximum absolute atomic E-state index is 12.3. The van der Waals surface area contributed by atoms with Crippen molar-refractivity contribution in [3.05, 3.63) is 28.8 Å². The monoisotopic (exact) mass is 286 g/mol. The topological polar surface area (TPSA) is 49.4 Å². The Hall–Kier alpha value is -1.68. The van der Waals surface area contributed by atoms with E-state index in [-0.39, 0.29) is 11.7 Å². The molecule has 1 heterocycles. The standard InChI is InChI=1S/C17H22N2O2/c1-10(8-18-13-6-7-13)9-19-15-12(3)5-4-11(2)14(15)16(20)17(19)21/h4-5,10,13,18H,6-9H2,1-3H3. The molecule has 4 heteroatoms. The number of aryl methyl sites for hydroxylation is 2. The van der Waals surface area contributed by atoms with Crippen molar-refractivity contribution in [3.8, 4) is 0 Å². The number of hydrogen-bond acceptors (Lipinski definition) is 3. The van der Waals surface area contributed by atoms with Crippen LogP contribution in [0.25, 0.3) is 0 Å². The van der Waals surface area contributed by atoms with Gasteiger partial charge in [0.25, 0.3) is 11.7 Å². The number of nitrogens with zero attached hydrogens (tertiary/aromatic N) is 1. The number of hydrogen-bond donors (Lipinski definition) is 1. The van der Waals surface area contributed by atoms with Gasteiger partial charge in [-0.25, -0.2) is 0 Å². The number of fused-ring (bicyclic) bond motifs is 1. The summed E-state index contributed by atoms with van der Waals surface area (Å²) in [6, 6.07) is 4.57. The number of amides is 1. The minimum Gasteiger partial charge on any atom is -0.314 e. The highest BCUT2D eigenvalue weighted by molar-refractivity contribution is 6.52. The quantitative estimate of drug-likeness (QED) is 0.844. The molecule has 0 bridgehead atoms. The molecule has 1 fully saturated rings. The van der Waals surface area contributed by atoms with Crippen LogP contribution in [0.15, 0.2) is 12.1 Å². The van der Waals surface area contributed by atoms with Gasteiger partial charge >= 0.3 is 0 Å². The minimum atomic E-state index is -0.374. The zero-order chi connectivity index (χ0) is 15.1. The smallest absolute Gasteiger partial charge is 0.299 e. The van der Waals surface area contributed by atoms with Gasteiger partial charge < -0.3 is 10.2 Å². The fourth-order valence-corrected chi connectivity index (χ4v) is 2.97. The third kappa shape index (κ3) is 2.60. The highest BCUT2D eigenvalue weighted by atomic mass is 16.2. The highest BCUT2D eigenvalue weighted by Gasteiger charge is 2.38. The average Bonchev–Trinajstić information content (AvgIpc) is 3.24. The summed E-state index contributed by atoms with van der Waals surface area (Å²) in [6.45, 7) is 7.47. The van der Waals surface area contributed by atoms with Gasteiger partial charge in [-0.2, -0.15) is 0 Å². The van der Waals surface area contributed by atoms with Crippen molar-refractivity contribution in [1.82, 2.24) is 5.32 Å².